The van der Waals surface area contributed by atoms with E-state index in [0.717, 1.165) is 49.0 Å². The van der Waals surface area contributed by atoms with Gasteiger partial charge in [-0.1, -0.05) is 12.1 Å². The average molecular weight is 385 g/mol. The first-order chi connectivity index (χ1) is 12.0. The molecular formula is C17H26N3O3S2+. The first kappa shape index (κ1) is 18.4. The molecule has 2 saturated heterocycles. The number of hydrogen-bond acceptors (Lipinski definition) is 4. The van der Waals surface area contributed by atoms with Gasteiger partial charge in [-0.3, -0.25) is 0 Å². The van der Waals surface area contributed by atoms with Crippen LogP contribution in [0.3, 0.4) is 0 Å². The Labute approximate surface area is 155 Å². The summed E-state index contributed by atoms with van der Waals surface area (Å²) in [5.74, 6) is 1.55. The van der Waals surface area contributed by atoms with E-state index in [1.165, 1.54) is 4.90 Å². The Morgan fingerprint density at radius 3 is 2.56 bits per heavy atom. The highest BCUT2D eigenvalue weighted by atomic mass is 32.2. The average Bonchev–Trinajstić information content (AvgIpc) is 3.00. The molecule has 0 aromatic heterocycles. The molecule has 0 aliphatic carbocycles. The van der Waals surface area contributed by atoms with Crippen LogP contribution < -0.4 is 15.0 Å². The molecule has 1 atom stereocenters. The molecule has 0 saturated carbocycles. The van der Waals surface area contributed by atoms with Crippen LogP contribution in [-0.4, -0.2) is 69.3 Å². The van der Waals surface area contributed by atoms with Crippen molar-refractivity contribution >= 4 is 27.2 Å². The Bertz CT molecular complexity index is 698. The number of hydrogen-bond donors (Lipinski definition) is 2. The summed E-state index contributed by atoms with van der Waals surface area (Å²) in [5, 5.41) is 4.09. The standard InChI is InChI=1S/C17H25N3O3S2/c1-23-16-4-2-14(3-5-16)12-18-17(24)20-9-7-19(8-10-20)15-6-11-25(21,22)13-15/h2-5,15H,6-13H2,1H3,(H,18,24)/p+1/t15-/m1/s1. The summed E-state index contributed by atoms with van der Waals surface area (Å²) in [6.07, 6.45) is 0.803. The van der Waals surface area contributed by atoms with E-state index in [2.05, 4.69) is 10.2 Å². The summed E-state index contributed by atoms with van der Waals surface area (Å²) in [6, 6.07) is 8.21. The molecule has 2 aliphatic rings. The van der Waals surface area contributed by atoms with E-state index in [1.807, 2.05) is 24.3 Å². The second kappa shape index (κ2) is 7.88. The molecule has 1 aromatic rings. The number of nitrogens with zero attached hydrogens (tertiary/aromatic N) is 1. The maximum atomic E-state index is 11.7. The van der Waals surface area contributed by atoms with Crippen LogP contribution in [0.5, 0.6) is 5.75 Å². The van der Waals surface area contributed by atoms with Crippen LogP contribution in [0.2, 0.25) is 0 Å². The highest BCUT2D eigenvalue weighted by molar-refractivity contribution is 7.91. The minimum atomic E-state index is -2.80. The Hall–Kier alpha value is -1.38. The molecule has 1 aromatic carbocycles. The number of methoxy groups -OCH3 is 1. The number of ether oxygens (including phenoxy) is 1. The van der Waals surface area contributed by atoms with Gasteiger partial charge in [0.1, 0.15) is 17.5 Å². The maximum absolute atomic E-state index is 11.7. The Balaban J connectivity index is 1.43. The van der Waals surface area contributed by atoms with Gasteiger partial charge in [-0.15, -0.1) is 0 Å². The van der Waals surface area contributed by atoms with Crippen LogP contribution in [0, 0.1) is 0 Å². The maximum Gasteiger partial charge on any atom is 0.169 e. The molecule has 2 aliphatic heterocycles. The predicted molar refractivity (Wildman–Crippen MR) is 102 cm³/mol. The largest absolute Gasteiger partial charge is 0.497 e. The lowest BCUT2D eigenvalue weighted by molar-refractivity contribution is -0.925. The van der Waals surface area contributed by atoms with E-state index in [1.54, 1.807) is 7.11 Å². The van der Waals surface area contributed by atoms with E-state index < -0.39 is 9.84 Å². The highest BCUT2D eigenvalue weighted by Crippen LogP contribution is 2.11. The third kappa shape index (κ3) is 4.83. The highest BCUT2D eigenvalue weighted by Gasteiger charge is 2.37. The van der Waals surface area contributed by atoms with Crippen molar-refractivity contribution in [2.45, 2.75) is 19.0 Å². The number of benzene rings is 1. The topological polar surface area (TPSA) is 63.1 Å². The number of sulfone groups is 1. The molecule has 6 nitrogen and oxygen atoms in total. The number of piperazine rings is 1. The SMILES string of the molecule is COc1ccc(CNC(=S)N2CC[NH+]([C@@H]3CCS(=O)(=O)C3)CC2)cc1. The lowest BCUT2D eigenvalue weighted by atomic mass is 10.2. The van der Waals surface area contributed by atoms with Gasteiger partial charge in [0.15, 0.2) is 14.9 Å². The van der Waals surface area contributed by atoms with Gasteiger partial charge < -0.3 is 19.9 Å². The molecule has 0 unspecified atom stereocenters. The molecule has 25 heavy (non-hydrogen) atoms. The van der Waals surface area contributed by atoms with Crippen LogP contribution in [0.15, 0.2) is 24.3 Å². The lowest BCUT2D eigenvalue weighted by Crippen LogP contribution is -3.18. The fraction of sp³-hybridized carbons (Fsp3) is 0.588. The van der Waals surface area contributed by atoms with Crippen molar-refractivity contribution in [3.8, 4) is 5.75 Å². The van der Waals surface area contributed by atoms with Gasteiger partial charge in [-0.05, 0) is 29.9 Å². The van der Waals surface area contributed by atoms with E-state index >= 15 is 0 Å². The van der Waals surface area contributed by atoms with Gasteiger partial charge >= 0.3 is 0 Å². The van der Waals surface area contributed by atoms with Crippen molar-refractivity contribution < 1.29 is 18.1 Å². The number of nitrogens with one attached hydrogen (secondary N) is 2. The Kier molecular flexibility index (Phi) is 5.81. The molecule has 3 rings (SSSR count). The first-order valence-electron chi connectivity index (χ1n) is 8.67. The fourth-order valence-electron chi connectivity index (χ4n) is 3.56. The van der Waals surface area contributed by atoms with Gasteiger partial charge in [-0.2, -0.15) is 0 Å². The molecule has 0 radical (unpaired) electrons. The summed E-state index contributed by atoms with van der Waals surface area (Å²) in [6.45, 7) is 4.34. The summed E-state index contributed by atoms with van der Waals surface area (Å²) in [5.41, 5.74) is 1.16. The third-order valence-corrected chi connectivity index (χ3v) is 7.28. The summed E-state index contributed by atoms with van der Waals surface area (Å²) < 4.78 is 28.5. The van der Waals surface area contributed by atoms with E-state index in [4.69, 9.17) is 17.0 Å². The molecule has 2 fully saturated rings. The second-order valence-electron chi connectivity index (χ2n) is 6.75. The van der Waals surface area contributed by atoms with Crippen molar-refractivity contribution in [2.24, 2.45) is 0 Å². The molecule has 2 heterocycles. The fourth-order valence-corrected chi connectivity index (χ4v) is 5.64. The summed E-state index contributed by atoms with van der Waals surface area (Å²) >= 11 is 5.52. The number of thiocarbonyl (C=S) groups is 1. The van der Waals surface area contributed by atoms with Crippen molar-refractivity contribution in [1.82, 2.24) is 10.2 Å². The molecule has 8 heteroatoms. The zero-order valence-electron chi connectivity index (χ0n) is 14.5. The second-order valence-corrected chi connectivity index (χ2v) is 9.37. The smallest absolute Gasteiger partial charge is 0.169 e. The summed E-state index contributed by atoms with van der Waals surface area (Å²) in [7, 11) is -1.14. The van der Waals surface area contributed by atoms with E-state index in [0.29, 0.717) is 18.1 Å². The molecule has 0 amide bonds. The third-order valence-electron chi connectivity index (χ3n) is 5.11. The van der Waals surface area contributed by atoms with E-state index in [9.17, 15) is 8.42 Å². The summed E-state index contributed by atoms with van der Waals surface area (Å²) in [4.78, 5) is 3.60. The zero-order chi connectivity index (χ0) is 17.9. The Morgan fingerprint density at radius 1 is 1.32 bits per heavy atom. The van der Waals surface area contributed by atoms with Gasteiger partial charge in [0.05, 0.1) is 39.0 Å². The Morgan fingerprint density at radius 2 is 2.00 bits per heavy atom. The minimum absolute atomic E-state index is 0.271. The van der Waals surface area contributed by atoms with Crippen molar-refractivity contribution in [2.75, 3.05) is 44.8 Å². The van der Waals surface area contributed by atoms with Crippen LogP contribution >= 0.6 is 12.2 Å². The van der Waals surface area contributed by atoms with Gasteiger partial charge in [0.2, 0.25) is 0 Å². The quantitative estimate of drug-likeness (QED) is 0.680. The number of rotatable bonds is 4. The monoisotopic (exact) mass is 384 g/mol. The van der Waals surface area contributed by atoms with Crippen LogP contribution in [0.1, 0.15) is 12.0 Å². The molecular weight excluding hydrogens is 358 g/mol. The normalized spacial score (nSPS) is 23.4. The molecule has 0 spiro atoms. The van der Waals surface area contributed by atoms with Gasteiger partial charge in [0.25, 0.3) is 0 Å². The number of quaternary nitrogens is 1. The van der Waals surface area contributed by atoms with Crippen LogP contribution in [-0.2, 0) is 16.4 Å². The van der Waals surface area contributed by atoms with Gasteiger partial charge in [-0.25, -0.2) is 8.42 Å². The molecule has 0 bridgehead atoms. The predicted octanol–water partition coefficient (Wildman–Crippen LogP) is -0.543. The van der Waals surface area contributed by atoms with Gasteiger partial charge in [0, 0.05) is 13.0 Å². The molecule has 138 valence electrons. The minimum Gasteiger partial charge on any atom is -0.497 e. The lowest BCUT2D eigenvalue weighted by Gasteiger charge is -2.36. The zero-order valence-corrected chi connectivity index (χ0v) is 16.2. The first-order valence-corrected chi connectivity index (χ1v) is 10.9. The van der Waals surface area contributed by atoms with Crippen LogP contribution in [0.25, 0.3) is 0 Å². The molecule has 2 N–H and O–H groups in total. The van der Waals surface area contributed by atoms with Crippen molar-refractivity contribution in [3.05, 3.63) is 29.8 Å². The van der Waals surface area contributed by atoms with Crippen molar-refractivity contribution in [3.63, 3.8) is 0 Å². The van der Waals surface area contributed by atoms with Crippen LogP contribution in [0.4, 0.5) is 0 Å². The van der Waals surface area contributed by atoms with E-state index in [-0.39, 0.29) is 6.04 Å². The van der Waals surface area contributed by atoms with Crippen molar-refractivity contribution in [1.29, 1.82) is 0 Å².